The standard InChI is InChI=1S/C19H17F2N3OS/c1-10(2)24-16-5-3-4-12(17(16)23-19(24)25)15-9-26-18(22-15)11-6-7-13(20)14(21)8-11/h3-4,6-10,16H,5H2,1-2H3,(H,23,25). The summed E-state index contributed by atoms with van der Waals surface area (Å²) in [5.74, 6) is -1.77. The van der Waals surface area contributed by atoms with E-state index < -0.39 is 11.6 Å². The predicted octanol–water partition coefficient (Wildman–Crippen LogP) is 4.77. The van der Waals surface area contributed by atoms with Crippen molar-refractivity contribution in [3.8, 4) is 10.6 Å². The number of allylic oxidation sites excluding steroid dienone is 2. The fourth-order valence-electron chi connectivity index (χ4n) is 3.34. The minimum atomic E-state index is -0.892. The molecule has 2 heterocycles. The van der Waals surface area contributed by atoms with Crippen molar-refractivity contribution >= 4 is 22.9 Å². The zero-order chi connectivity index (χ0) is 18.4. The number of aliphatic hydroxyl groups excluding tert-OH is 1. The van der Waals surface area contributed by atoms with Crippen molar-refractivity contribution in [3.63, 3.8) is 0 Å². The van der Waals surface area contributed by atoms with Gasteiger partial charge in [-0.2, -0.15) is 4.99 Å². The number of rotatable bonds is 3. The van der Waals surface area contributed by atoms with Crippen molar-refractivity contribution in [2.24, 2.45) is 4.99 Å². The Labute approximate surface area is 153 Å². The van der Waals surface area contributed by atoms with E-state index in [1.54, 1.807) is 0 Å². The van der Waals surface area contributed by atoms with Crippen LogP contribution in [-0.2, 0) is 0 Å². The number of hydrogen-bond donors (Lipinski definition) is 1. The Balaban J connectivity index is 1.73. The highest BCUT2D eigenvalue weighted by molar-refractivity contribution is 7.13. The minimum Gasteiger partial charge on any atom is -0.480 e. The second-order valence-corrected chi connectivity index (χ2v) is 7.39. The maximum Gasteiger partial charge on any atom is 0.290 e. The van der Waals surface area contributed by atoms with E-state index in [4.69, 9.17) is 0 Å². The van der Waals surface area contributed by atoms with Gasteiger partial charge in [-0.3, -0.25) is 0 Å². The number of aliphatic imine (C=N–C) groups is 1. The van der Waals surface area contributed by atoms with Gasteiger partial charge >= 0.3 is 0 Å². The summed E-state index contributed by atoms with van der Waals surface area (Å²) in [6.07, 6.45) is 4.77. The largest absolute Gasteiger partial charge is 0.480 e. The van der Waals surface area contributed by atoms with Crippen molar-refractivity contribution in [1.82, 2.24) is 9.88 Å². The highest BCUT2D eigenvalue weighted by atomic mass is 32.1. The maximum atomic E-state index is 13.5. The van der Waals surface area contributed by atoms with Crippen LogP contribution in [0, 0.1) is 11.6 Å². The molecular formula is C19H17F2N3OS. The number of thiazole rings is 1. The number of hydrogen-bond acceptors (Lipinski definition) is 4. The first-order valence-corrected chi connectivity index (χ1v) is 9.21. The highest BCUT2D eigenvalue weighted by Gasteiger charge is 2.36. The van der Waals surface area contributed by atoms with Crippen LogP contribution in [0.1, 0.15) is 26.0 Å². The van der Waals surface area contributed by atoms with Crippen LogP contribution >= 0.6 is 11.3 Å². The van der Waals surface area contributed by atoms with E-state index in [0.717, 1.165) is 29.8 Å². The van der Waals surface area contributed by atoms with Crippen molar-refractivity contribution in [3.05, 3.63) is 58.8 Å². The van der Waals surface area contributed by atoms with Crippen LogP contribution in [0.3, 0.4) is 0 Å². The Morgan fingerprint density at radius 2 is 2.08 bits per heavy atom. The Bertz CT molecular complexity index is 961. The molecule has 0 bridgehead atoms. The van der Waals surface area contributed by atoms with Gasteiger partial charge in [-0.1, -0.05) is 12.2 Å². The van der Waals surface area contributed by atoms with Gasteiger partial charge in [-0.05, 0) is 38.5 Å². The number of aliphatic hydroxyl groups is 1. The lowest BCUT2D eigenvalue weighted by atomic mass is 9.96. The van der Waals surface area contributed by atoms with Gasteiger partial charge < -0.3 is 10.0 Å². The molecule has 0 saturated carbocycles. The highest BCUT2D eigenvalue weighted by Crippen LogP contribution is 2.37. The Morgan fingerprint density at radius 1 is 1.27 bits per heavy atom. The maximum absolute atomic E-state index is 13.5. The van der Waals surface area contributed by atoms with Crippen LogP contribution in [0.15, 0.2) is 46.4 Å². The molecule has 26 heavy (non-hydrogen) atoms. The van der Waals surface area contributed by atoms with Gasteiger partial charge in [0.25, 0.3) is 6.02 Å². The van der Waals surface area contributed by atoms with Crippen LogP contribution < -0.4 is 0 Å². The van der Waals surface area contributed by atoms with Crippen LogP contribution in [0.4, 0.5) is 8.78 Å². The number of amidine groups is 1. The molecule has 1 N–H and O–H groups in total. The van der Waals surface area contributed by atoms with Crippen molar-refractivity contribution in [2.75, 3.05) is 0 Å². The molecule has 2 aliphatic rings. The second kappa shape index (κ2) is 6.32. The topological polar surface area (TPSA) is 48.7 Å². The van der Waals surface area contributed by atoms with Crippen LogP contribution in [0.5, 0.6) is 0 Å². The summed E-state index contributed by atoms with van der Waals surface area (Å²) in [4.78, 5) is 10.8. The molecule has 1 aromatic carbocycles. The summed E-state index contributed by atoms with van der Waals surface area (Å²) in [5.41, 5.74) is 2.89. The first-order chi connectivity index (χ1) is 12.5. The molecule has 1 atom stereocenters. The molecule has 0 spiro atoms. The molecule has 0 radical (unpaired) electrons. The first kappa shape index (κ1) is 16.9. The second-order valence-electron chi connectivity index (χ2n) is 6.53. The van der Waals surface area contributed by atoms with Crippen molar-refractivity contribution in [2.45, 2.75) is 32.4 Å². The third kappa shape index (κ3) is 2.72. The fraction of sp³-hybridized carbons (Fsp3) is 0.263. The number of fused-ring (bicyclic) bond motifs is 1. The number of halogens is 2. The van der Waals surface area contributed by atoms with E-state index in [2.05, 4.69) is 9.98 Å². The Morgan fingerprint density at radius 3 is 2.81 bits per heavy atom. The van der Waals surface area contributed by atoms with Gasteiger partial charge in [0.2, 0.25) is 0 Å². The molecule has 4 nitrogen and oxygen atoms in total. The summed E-state index contributed by atoms with van der Waals surface area (Å²) in [6.45, 7) is 4.02. The molecule has 2 aromatic rings. The molecule has 0 fully saturated rings. The summed E-state index contributed by atoms with van der Waals surface area (Å²) in [5, 5.41) is 12.7. The average molecular weight is 373 g/mol. The van der Waals surface area contributed by atoms with Gasteiger partial charge in [0.05, 0.1) is 17.4 Å². The lowest BCUT2D eigenvalue weighted by molar-refractivity contribution is 0.258. The summed E-state index contributed by atoms with van der Waals surface area (Å²) >= 11 is 1.36. The average Bonchev–Trinajstić information content (AvgIpc) is 3.20. The molecule has 1 aromatic heterocycles. The summed E-state index contributed by atoms with van der Waals surface area (Å²) in [6, 6.07) is 3.90. The lowest BCUT2D eigenvalue weighted by Crippen LogP contribution is -2.41. The quantitative estimate of drug-likeness (QED) is 0.843. The zero-order valence-electron chi connectivity index (χ0n) is 14.3. The van der Waals surface area contributed by atoms with Crippen molar-refractivity contribution < 1.29 is 13.9 Å². The molecule has 0 amide bonds. The number of benzene rings is 1. The monoisotopic (exact) mass is 373 g/mol. The van der Waals surface area contributed by atoms with E-state index in [0.29, 0.717) is 16.3 Å². The SMILES string of the molecule is CC(C)N1C(O)=NC2=C(c3csc(-c4ccc(F)c(F)c4)n3)C=CCC21. The van der Waals surface area contributed by atoms with Gasteiger partial charge in [0.15, 0.2) is 11.6 Å². The van der Waals surface area contributed by atoms with E-state index in [-0.39, 0.29) is 18.1 Å². The predicted molar refractivity (Wildman–Crippen MR) is 99.0 cm³/mol. The van der Waals surface area contributed by atoms with E-state index in [1.807, 2.05) is 36.3 Å². The Kier molecular flexibility index (Phi) is 4.11. The van der Waals surface area contributed by atoms with Gasteiger partial charge in [0.1, 0.15) is 5.01 Å². The fourth-order valence-corrected chi connectivity index (χ4v) is 4.16. The lowest BCUT2D eigenvalue weighted by Gasteiger charge is -2.30. The van der Waals surface area contributed by atoms with Crippen LogP contribution in [0.2, 0.25) is 0 Å². The molecule has 7 heteroatoms. The normalized spacial score (nSPS) is 19.3. The Hall–Kier alpha value is -2.54. The van der Waals surface area contributed by atoms with E-state index in [9.17, 15) is 13.9 Å². The van der Waals surface area contributed by atoms with E-state index in [1.165, 1.54) is 17.4 Å². The molecule has 134 valence electrons. The number of nitrogens with zero attached hydrogens (tertiary/aromatic N) is 3. The smallest absolute Gasteiger partial charge is 0.290 e. The zero-order valence-corrected chi connectivity index (χ0v) is 15.1. The van der Waals surface area contributed by atoms with Gasteiger partial charge in [0, 0.05) is 22.6 Å². The van der Waals surface area contributed by atoms with Crippen LogP contribution in [0.25, 0.3) is 16.1 Å². The minimum absolute atomic E-state index is 0.0107. The summed E-state index contributed by atoms with van der Waals surface area (Å²) in [7, 11) is 0. The molecule has 1 aliphatic heterocycles. The van der Waals surface area contributed by atoms with E-state index >= 15 is 0 Å². The number of aromatic nitrogens is 1. The molecular weight excluding hydrogens is 356 g/mol. The molecule has 0 saturated heterocycles. The summed E-state index contributed by atoms with van der Waals surface area (Å²) < 4.78 is 26.6. The molecule has 1 aliphatic carbocycles. The molecule has 4 rings (SSSR count). The van der Waals surface area contributed by atoms with Gasteiger partial charge in [-0.25, -0.2) is 13.8 Å². The third-order valence-corrected chi connectivity index (χ3v) is 5.42. The van der Waals surface area contributed by atoms with Crippen LogP contribution in [-0.4, -0.2) is 33.1 Å². The first-order valence-electron chi connectivity index (χ1n) is 8.33. The van der Waals surface area contributed by atoms with Gasteiger partial charge in [-0.15, -0.1) is 11.3 Å². The van der Waals surface area contributed by atoms with Crippen molar-refractivity contribution in [1.29, 1.82) is 0 Å². The third-order valence-electron chi connectivity index (χ3n) is 4.53. The molecule has 1 unspecified atom stereocenters.